The summed E-state index contributed by atoms with van der Waals surface area (Å²) in [6.45, 7) is 10.9. The Hall–Kier alpha value is -6.09. The summed E-state index contributed by atoms with van der Waals surface area (Å²) < 4.78 is 0. The lowest BCUT2D eigenvalue weighted by Gasteiger charge is -2.29. The van der Waals surface area contributed by atoms with Crippen molar-refractivity contribution in [2.45, 2.75) is 142 Å². The van der Waals surface area contributed by atoms with Crippen LogP contribution in [0.25, 0.3) is 0 Å². The molecule has 0 saturated carbocycles. The monoisotopic (exact) mass is 901 g/mol. The maximum atomic E-state index is 14.3. The van der Waals surface area contributed by atoms with E-state index in [0.717, 1.165) is 0 Å². The Kier molecular flexibility index (Phi) is 22.9. The fourth-order valence-corrected chi connectivity index (χ4v) is 6.61. The third-order valence-electron chi connectivity index (χ3n) is 10.1. The Morgan fingerprint density at radius 1 is 0.641 bits per heavy atom. The van der Waals surface area contributed by atoms with Crippen LogP contribution < -0.4 is 43.4 Å². The lowest BCUT2D eigenvalue weighted by atomic mass is 9.98. The predicted molar refractivity (Wildman–Crippen MR) is 235 cm³/mol. The van der Waals surface area contributed by atoms with E-state index in [9.17, 15) is 48.6 Å². The van der Waals surface area contributed by atoms with Crippen LogP contribution in [0.15, 0.2) is 36.8 Å². The first-order chi connectivity index (χ1) is 30.1. The van der Waals surface area contributed by atoms with Gasteiger partial charge < -0.3 is 63.7 Å². The first-order valence-corrected chi connectivity index (χ1v) is 21.6. The van der Waals surface area contributed by atoms with Gasteiger partial charge in [-0.1, -0.05) is 53.7 Å². The summed E-state index contributed by atoms with van der Waals surface area (Å²) in [4.78, 5) is 113. The minimum Gasteiger partial charge on any atom is -0.508 e. The molecule has 0 unspecified atom stereocenters. The molecule has 14 N–H and O–H groups in total. The van der Waals surface area contributed by atoms with Crippen LogP contribution in [-0.2, 0) is 51.2 Å². The number of H-pyrrole nitrogens is 1. The number of carbonyl (C=O) groups is 8. The van der Waals surface area contributed by atoms with Gasteiger partial charge in [-0.15, -0.1) is 0 Å². The summed E-state index contributed by atoms with van der Waals surface area (Å²) in [7, 11) is 0. The Labute approximate surface area is 373 Å². The number of aromatic nitrogens is 2. The van der Waals surface area contributed by atoms with Gasteiger partial charge in [-0.3, -0.25) is 33.6 Å². The van der Waals surface area contributed by atoms with Gasteiger partial charge in [-0.2, -0.15) is 0 Å². The van der Waals surface area contributed by atoms with E-state index in [2.05, 4.69) is 41.9 Å². The van der Waals surface area contributed by atoms with Crippen molar-refractivity contribution in [3.63, 3.8) is 0 Å². The van der Waals surface area contributed by atoms with E-state index in [-0.39, 0.29) is 62.5 Å². The molecule has 6 amide bonds. The number of rotatable bonds is 29. The van der Waals surface area contributed by atoms with Crippen LogP contribution in [0, 0.1) is 17.8 Å². The number of aliphatic carboxylic acids is 2. The second kappa shape index (κ2) is 27.2. The van der Waals surface area contributed by atoms with Gasteiger partial charge in [0.2, 0.25) is 35.4 Å². The van der Waals surface area contributed by atoms with E-state index in [1.165, 1.54) is 36.8 Å². The molecule has 1 aromatic carbocycles. The van der Waals surface area contributed by atoms with Crippen LogP contribution in [0.5, 0.6) is 5.75 Å². The smallest absolute Gasteiger partial charge is 0.326 e. The number of nitrogens with zero attached hydrogens (tertiary/aromatic N) is 1. The fraction of sp³-hybridized carbons (Fsp3) is 0.605. The number of phenols is 1. The molecule has 64 heavy (non-hydrogen) atoms. The summed E-state index contributed by atoms with van der Waals surface area (Å²) in [5.41, 5.74) is 12.4. The Balaban J connectivity index is 2.44. The zero-order chi connectivity index (χ0) is 48.1. The van der Waals surface area contributed by atoms with Crippen molar-refractivity contribution >= 4 is 47.4 Å². The minimum absolute atomic E-state index is 0.0502. The molecule has 21 heteroatoms. The molecule has 21 nitrogen and oxygen atoms in total. The van der Waals surface area contributed by atoms with Gasteiger partial charge in [-0.25, -0.2) is 9.78 Å². The molecule has 7 atom stereocenters. The number of carboxylic acids is 2. The number of hydrogen-bond donors (Lipinski definition) is 12. The van der Waals surface area contributed by atoms with Crippen LogP contribution in [0.2, 0.25) is 0 Å². The van der Waals surface area contributed by atoms with Crippen molar-refractivity contribution in [1.29, 1.82) is 0 Å². The largest absolute Gasteiger partial charge is 0.508 e. The van der Waals surface area contributed by atoms with Crippen LogP contribution in [0.4, 0.5) is 0 Å². The maximum absolute atomic E-state index is 14.3. The van der Waals surface area contributed by atoms with Crippen molar-refractivity contribution in [1.82, 2.24) is 41.9 Å². The summed E-state index contributed by atoms with van der Waals surface area (Å²) in [5, 5.41) is 44.5. The van der Waals surface area contributed by atoms with Crippen molar-refractivity contribution in [2.24, 2.45) is 29.2 Å². The number of amides is 6. The standard InChI is InChI=1S/C43H68N10O11/c1-23(2)17-31(38(58)48-30(43(63)64)9-7-8-16-44)49-39(59)32(18-24(3)4)50-41(61)34(20-27-21-46-22-47-27)51-40(60)33(19-26-10-12-28(54)13-11-26)52-42(62)36(25(5)6)53-37(57)29(45)14-15-35(55)56/h10-13,21-25,29-34,36,54H,7-9,14-20,44-45H2,1-6H3,(H,46,47)(H,48,58)(H,49,59)(H,50,61)(H,51,60)(H,52,62)(H,53,57)(H,55,56)(H,63,64)/t29-,30-,31-,32-,33-,34-,36-/m0/s1. The lowest BCUT2D eigenvalue weighted by molar-refractivity contribution is -0.142. The topological polar surface area (TPSA) is 350 Å². The summed E-state index contributed by atoms with van der Waals surface area (Å²) in [5.74, 6) is -7.82. The molecule has 0 aliphatic rings. The average molecular weight is 901 g/mol. The number of nitrogens with two attached hydrogens (primary N) is 2. The normalized spacial score (nSPS) is 14.6. The first kappa shape index (κ1) is 54.0. The number of aromatic amines is 1. The molecule has 0 fully saturated rings. The van der Waals surface area contributed by atoms with Crippen molar-refractivity contribution in [3.05, 3.63) is 48.0 Å². The van der Waals surface area contributed by atoms with E-state index >= 15 is 0 Å². The SMILES string of the molecule is CC(C)C[C@H](NC(=O)[C@H](CC(C)C)NC(=O)[C@H](Cc1cnc[nH]1)NC(=O)[C@H](Cc1ccc(O)cc1)NC(=O)[C@@H](NC(=O)[C@@H](N)CCC(=O)O)C(C)C)C(=O)N[C@@H](CCCCN)C(=O)O. The number of carbonyl (C=O) groups excluding carboxylic acids is 6. The maximum Gasteiger partial charge on any atom is 0.326 e. The minimum atomic E-state index is -1.37. The van der Waals surface area contributed by atoms with E-state index in [1.54, 1.807) is 13.8 Å². The van der Waals surface area contributed by atoms with E-state index in [0.29, 0.717) is 30.6 Å². The molecule has 356 valence electrons. The van der Waals surface area contributed by atoms with Gasteiger partial charge in [0.25, 0.3) is 0 Å². The van der Waals surface area contributed by atoms with E-state index < -0.39 is 95.6 Å². The molecule has 1 aromatic heterocycles. The van der Waals surface area contributed by atoms with Crippen LogP contribution in [-0.4, -0.2) is 122 Å². The molecule has 2 aromatic rings. The van der Waals surface area contributed by atoms with Gasteiger partial charge in [0, 0.05) is 31.2 Å². The second-order valence-corrected chi connectivity index (χ2v) is 17.1. The van der Waals surface area contributed by atoms with Crippen LogP contribution >= 0.6 is 0 Å². The highest BCUT2D eigenvalue weighted by Gasteiger charge is 2.35. The molecular weight excluding hydrogens is 833 g/mol. The van der Waals surface area contributed by atoms with Crippen molar-refractivity contribution in [2.75, 3.05) is 6.54 Å². The van der Waals surface area contributed by atoms with Gasteiger partial charge >= 0.3 is 11.9 Å². The molecule has 0 saturated heterocycles. The number of phenolic OH excluding ortho intramolecular Hbond substituents is 1. The van der Waals surface area contributed by atoms with Crippen LogP contribution in [0.1, 0.15) is 97.7 Å². The molecule has 1 heterocycles. The van der Waals surface area contributed by atoms with Gasteiger partial charge in [-0.05, 0) is 80.5 Å². The number of carboxylic acid groups (broad SMARTS) is 2. The molecule has 0 bridgehead atoms. The Bertz CT molecular complexity index is 1840. The Morgan fingerprint density at radius 3 is 1.61 bits per heavy atom. The molecule has 0 radical (unpaired) electrons. The highest BCUT2D eigenvalue weighted by atomic mass is 16.4. The molecule has 0 aliphatic carbocycles. The van der Waals surface area contributed by atoms with Crippen molar-refractivity contribution in [3.8, 4) is 5.75 Å². The number of nitrogens with one attached hydrogen (secondary N) is 7. The van der Waals surface area contributed by atoms with Gasteiger partial charge in [0.1, 0.15) is 42.0 Å². The number of unbranched alkanes of at least 4 members (excludes halogenated alkanes) is 1. The quantitative estimate of drug-likeness (QED) is 0.0477. The molecule has 0 spiro atoms. The Morgan fingerprint density at radius 2 is 1.14 bits per heavy atom. The zero-order valence-electron chi connectivity index (χ0n) is 37.5. The van der Waals surface area contributed by atoms with Gasteiger partial charge in [0.15, 0.2) is 0 Å². The van der Waals surface area contributed by atoms with E-state index in [4.69, 9.17) is 16.6 Å². The highest BCUT2D eigenvalue weighted by Crippen LogP contribution is 2.15. The summed E-state index contributed by atoms with van der Waals surface area (Å²) in [6.07, 6.45) is 3.38. The third kappa shape index (κ3) is 19.5. The summed E-state index contributed by atoms with van der Waals surface area (Å²) in [6, 6.07) is -2.94. The number of aromatic hydroxyl groups is 1. The van der Waals surface area contributed by atoms with E-state index in [1.807, 2.05) is 27.7 Å². The lowest BCUT2D eigenvalue weighted by Crippen LogP contribution is -2.61. The third-order valence-corrected chi connectivity index (χ3v) is 10.1. The predicted octanol–water partition coefficient (Wildman–Crippen LogP) is -0.0368. The van der Waals surface area contributed by atoms with Crippen molar-refractivity contribution < 1.29 is 53.7 Å². The molecule has 0 aliphatic heterocycles. The number of benzene rings is 1. The highest BCUT2D eigenvalue weighted by molar-refractivity contribution is 5.97. The molecular formula is C43H68N10O11. The average Bonchev–Trinajstić information content (AvgIpc) is 3.73. The van der Waals surface area contributed by atoms with Gasteiger partial charge in [0.05, 0.1) is 12.4 Å². The fourth-order valence-electron chi connectivity index (χ4n) is 6.61. The zero-order valence-corrected chi connectivity index (χ0v) is 37.5. The summed E-state index contributed by atoms with van der Waals surface area (Å²) >= 11 is 0. The first-order valence-electron chi connectivity index (χ1n) is 21.6. The second-order valence-electron chi connectivity index (χ2n) is 17.1. The van der Waals surface area contributed by atoms with Crippen LogP contribution in [0.3, 0.4) is 0 Å². The number of hydrogen-bond acceptors (Lipinski definition) is 12. The number of imidazole rings is 1. The molecule has 2 rings (SSSR count).